The molecule has 0 saturated heterocycles. The molecule has 1 saturated carbocycles. The largest absolute Gasteiger partial charge is 0.456 e. The molecule has 0 amide bonds. The van der Waals surface area contributed by atoms with Crippen LogP contribution in [0.25, 0.3) is 0 Å². The van der Waals surface area contributed by atoms with Gasteiger partial charge in [-0.2, -0.15) is 0 Å². The van der Waals surface area contributed by atoms with Crippen molar-refractivity contribution in [2.45, 2.75) is 46.1 Å². The molecule has 24 heavy (non-hydrogen) atoms. The molecule has 0 aliphatic heterocycles. The van der Waals surface area contributed by atoms with E-state index in [2.05, 4.69) is 20.8 Å². The number of nitrogens with zero attached hydrogens (tertiary/aromatic N) is 1. The molecule has 4 nitrogen and oxygen atoms in total. The monoisotopic (exact) mass is 331 g/mol. The second-order valence-electron chi connectivity index (χ2n) is 7.54. The highest BCUT2D eigenvalue weighted by Crippen LogP contribution is 2.35. The van der Waals surface area contributed by atoms with E-state index in [0.717, 1.165) is 24.9 Å². The van der Waals surface area contributed by atoms with Gasteiger partial charge in [0.05, 0.1) is 0 Å². The number of ether oxygens (including phenoxy) is 1. The van der Waals surface area contributed by atoms with E-state index in [1.54, 1.807) is 12.1 Å². The van der Waals surface area contributed by atoms with Crippen LogP contribution in [0.4, 0.5) is 5.69 Å². The van der Waals surface area contributed by atoms with Crippen molar-refractivity contribution in [3.63, 3.8) is 0 Å². The zero-order valence-electron chi connectivity index (χ0n) is 15.4. The number of Topliss-reactive ketones (excluding diaryl/α,β-unsaturated/α-hetero) is 1. The Morgan fingerprint density at radius 2 is 1.75 bits per heavy atom. The highest BCUT2D eigenvalue weighted by Gasteiger charge is 2.34. The van der Waals surface area contributed by atoms with E-state index in [9.17, 15) is 9.59 Å². The summed E-state index contributed by atoms with van der Waals surface area (Å²) < 4.78 is 5.63. The Balaban J connectivity index is 2.05. The van der Waals surface area contributed by atoms with Gasteiger partial charge >= 0.3 is 5.97 Å². The molecule has 1 aromatic rings. The maximum atomic E-state index is 12.4. The van der Waals surface area contributed by atoms with Crippen molar-refractivity contribution in [2.75, 3.05) is 19.0 Å². The summed E-state index contributed by atoms with van der Waals surface area (Å²) >= 11 is 0. The van der Waals surface area contributed by atoms with Crippen molar-refractivity contribution in [1.29, 1.82) is 0 Å². The standard InChI is InChI=1S/C20H29NO3/c1-13(2)17-11-6-14(3)12-18(17)24-20(23)19(22)15-7-9-16(10-8-15)21(4)5/h7-10,13-14,17-18H,6,11-12H2,1-5H3/t14-,17+,18+/m1/s1. The predicted octanol–water partition coefficient (Wildman–Crippen LogP) is 3.94. The third kappa shape index (κ3) is 4.37. The molecule has 1 aromatic carbocycles. The molecule has 0 unspecified atom stereocenters. The molecule has 0 heterocycles. The maximum absolute atomic E-state index is 12.4. The second kappa shape index (κ2) is 7.82. The van der Waals surface area contributed by atoms with Crippen LogP contribution >= 0.6 is 0 Å². The second-order valence-corrected chi connectivity index (χ2v) is 7.54. The van der Waals surface area contributed by atoms with Gasteiger partial charge in [-0.05, 0) is 54.9 Å². The molecule has 0 N–H and O–H groups in total. The first-order valence-electron chi connectivity index (χ1n) is 8.82. The van der Waals surface area contributed by atoms with Crippen LogP contribution < -0.4 is 4.90 Å². The molecule has 1 fully saturated rings. The topological polar surface area (TPSA) is 46.6 Å². The van der Waals surface area contributed by atoms with Crippen LogP contribution in [-0.2, 0) is 9.53 Å². The Kier molecular flexibility index (Phi) is 6.03. The average Bonchev–Trinajstić information content (AvgIpc) is 2.54. The van der Waals surface area contributed by atoms with Gasteiger partial charge in [0.25, 0.3) is 5.78 Å². The van der Waals surface area contributed by atoms with Gasteiger partial charge in [0.1, 0.15) is 6.10 Å². The summed E-state index contributed by atoms with van der Waals surface area (Å²) in [5.41, 5.74) is 1.37. The molecular weight excluding hydrogens is 302 g/mol. The lowest BCUT2D eigenvalue weighted by Gasteiger charge is -2.36. The van der Waals surface area contributed by atoms with E-state index >= 15 is 0 Å². The Labute approximate surface area is 145 Å². The lowest BCUT2D eigenvalue weighted by molar-refractivity contribution is -0.149. The van der Waals surface area contributed by atoms with E-state index in [-0.39, 0.29) is 6.10 Å². The van der Waals surface area contributed by atoms with Crippen LogP contribution in [0.3, 0.4) is 0 Å². The fourth-order valence-corrected chi connectivity index (χ4v) is 3.47. The van der Waals surface area contributed by atoms with Crippen molar-refractivity contribution in [3.05, 3.63) is 29.8 Å². The minimum absolute atomic E-state index is 0.147. The van der Waals surface area contributed by atoms with Gasteiger partial charge in [-0.1, -0.05) is 27.2 Å². The number of esters is 1. The highest BCUT2D eigenvalue weighted by atomic mass is 16.5. The Morgan fingerprint density at radius 3 is 2.29 bits per heavy atom. The van der Waals surface area contributed by atoms with Gasteiger partial charge in [0, 0.05) is 25.3 Å². The van der Waals surface area contributed by atoms with Gasteiger partial charge in [0.2, 0.25) is 0 Å². The summed E-state index contributed by atoms with van der Waals surface area (Å²) in [5, 5.41) is 0. The van der Waals surface area contributed by atoms with Crippen LogP contribution in [-0.4, -0.2) is 32.0 Å². The normalized spacial score (nSPS) is 23.8. The molecule has 0 bridgehead atoms. The summed E-state index contributed by atoms with van der Waals surface area (Å²) in [6.45, 7) is 6.49. The summed E-state index contributed by atoms with van der Waals surface area (Å²) in [6.07, 6.45) is 2.92. The first kappa shape index (κ1) is 18.5. The van der Waals surface area contributed by atoms with Crippen LogP contribution in [0, 0.1) is 17.8 Å². The number of hydrogen-bond acceptors (Lipinski definition) is 4. The van der Waals surface area contributed by atoms with E-state index in [1.807, 2.05) is 31.1 Å². The number of hydrogen-bond donors (Lipinski definition) is 0. The van der Waals surface area contributed by atoms with Crippen LogP contribution in [0.5, 0.6) is 0 Å². The molecule has 0 radical (unpaired) electrons. The van der Waals surface area contributed by atoms with E-state index < -0.39 is 11.8 Å². The quantitative estimate of drug-likeness (QED) is 0.466. The predicted molar refractivity (Wildman–Crippen MR) is 96.3 cm³/mol. The first-order valence-corrected chi connectivity index (χ1v) is 8.82. The van der Waals surface area contributed by atoms with E-state index in [0.29, 0.717) is 23.3 Å². The van der Waals surface area contributed by atoms with Gasteiger partial charge in [-0.15, -0.1) is 0 Å². The molecule has 0 spiro atoms. The molecule has 4 heteroatoms. The number of ketones is 1. The fourth-order valence-electron chi connectivity index (χ4n) is 3.47. The van der Waals surface area contributed by atoms with Crippen molar-refractivity contribution < 1.29 is 14.3 Å². The summed E-state index contributed by atoms with van der Waals surface area (Å²) in [4.78, 5) is 26.6. The zero-order chi connectivity index (χ0) is 17.9. The highest BCUT2D eigenvalue weighted by molar-refractivity contribution is 6.40. The third-order valence-corrected chi connectivity index (χ3v) is 5.05. The van der Waals surface area contributed by atoms with E-state index in [4.69, 9.17) is 4.74 Å². The van der Waals surface area contributed by atoms with Crippen molar-refractivity contribution in [2.24, 2.45) is 17.8 Å². The smallest absolute Gasteiger partial charge is 0.379 e. The minimum Gasteiger partial charge on any atom is -0.456 e. The summed E-state index contributed by atoms with van der Waals surface area (Å²) in [6, 6.07) is 7.03. The van der Waals surface area contributed by atoms with Gasteiger partial charge in [-0.25, -0.2) is 4.79 Å². The van der Waals surface area contributed by atoms with E-state index in [1.165, 1.54) is 0 Å². The SMILES string of the molecule is CC(C)[C@@H]1CC[C@@H](C)C[C@@H]1OC(=O)C(=O)c1ccc(N(C)C)cc1. The lowest BCUT2D eigenvalue weighted by atomic mass is 9.75. The Morgan fingerprint density at radius 1 is 1.12 bits per heavy atom. The molecule has 0 aromatic heterocycles. The van der Waals surface area contributed by atoms with Crippen molar-refractivity contribution in [3.8, 4) is 0 Å². The molecule has 132 valence electrons. The number of rotatable bonds is 5. The fraction of sp³-hybridized carbons (Fsp3) is 0.600. The Bertz CT molecular complexity index is 577. The first-order chi connectivity index (χ1) is 11.3. The molecule has 1 aliphatic carbocycles. The van der Waals surface area contributed by atoms with Gasteiger partial charge in [0.15, 0.2) is 0 Å². The number of anilines is 1. The van der Waals surface area contributed by atoms with Crippen LogP contribution in [0.1, 0.15) is 50.4 Å². The minimum atomic E-state index is -0.725. The van der Waals surface area contributed by atoms with Gasteiger partial charge in [-0.3, -0.25) is 4.79 Å². The zero-order valence-corrected chi connectivity index (χ0v) is 15.4. The summed E-state index contributed by atoms with van der Waals surface area (Å²) in [7, 11) is 3.86. The van der Waals surface area contributed by atoms with Gasteiger partial charge < -0.3 is 9.64 Å². The number of carbonyl (C=O) groups excluding carboxylic acids is 2. The van der Waals surface area contributed by atoms with Crippen molar-refractivity contribution >= 4 is 17.4 Å². The van der Waals surface area contributed by atoms with Crippen LogP contribution in [0.15, 0.2) is 24.3 Å². The molecular formula is C20H29NO3. The summed E-state index contributed by atoms with van der Waals surface area (Å²) in [5.74, 6) is 0.0458. The Hall–Kier alpha value is -1.84. The lowest BCUT2D eigenvalue weighted by Crippen LogP contribution is -2.37. The van der Waals surface area contributed by atoms with Crippen LogP contribution in [0.2, 0.25) is 0 Å². The number of carbonyl (C=O) groups is 2. The molecule has 1 aliphatic rings. The molecule has 3 atom stereocenters. The maximum Gasteiger partial charge on any atom is 0.379 e. The average molecular weight is 331 g/mol. The third-order valence-electron chi connectivity index (χ3n) is 5.05. The van der Waals surface area contributed by atoms with Crippen molar-refractivity contribution in [1.82, 2.24) is 0 Å². The molecule has 2 rings (SSSR count). The number of benzene rings is 1.